The molecule has 19 heavy (non-hydrogen) atoms. The first-order chi connectivity index (χ1) is 9.08. The fraction of sp³-hybridized carbons (Fsp3) is 1.00. The summed E-state index contributed by atoms with van der Waals surface area (Å²) in [4.78, 5) is 0. The molecule has 1 heterocycles. The Morgan fingerprint density at radius 2 is 1.21 bits per heavy atom. The van der Waals surface area contributed by atoms with Crippen molar-refractivity contribution in [3.05, 3.63) is 0 Å². The molecule has 1 aliphatic heterocycles. The van der Waals surface area contributed by atoms with Crippen LogP contribution >= 0.6 is 0 Å². The minimum absolute atomic E-state index is 0.403. The second kappa shape index (κ2) is 8.20. The van der Waals surface area contributed by atoms with Gasteiger partial charge in [-0.05, 0) is 6.42 Å². The fourth-order valence-electron chi connectivity index (χ4n) is 2.51. The Labute approximate surface area is 116 Å². The molecule has 1 fully saturated rings. The predicted molar refractivity (Wildman–Crippen MR) is 74.5 cm³/mol. The summed E-state index contributed by atoms with van der Waals surface area (Å²) < 4.78 is 4.78. The topological polar surface area (TPSA) is 73.2 Å². The van der Waals surface area contributed by atoms with Gasteiger partial charge in [0.2, 0.25) is 11.6 Å². The molecule has 0 amide bonds. The molecule has 4 nitrogen and oxygen atoms in total. The van der Waals surface area contributed by atoms with Gasteiger partial charge in [0.25, 0.3) is 0 Å². The van der Waals surface area contributed by atoms with E-state index in [1.807, 2.05) is 0 Å². The smallest absolute Gasteiger partial charge is 0.247 e. The van der Waals surface area contributed by atoms with Crippen LogP contribution in [0, 0.1) is 0 Å². The molecule has 2 atom stereocenters. The summed E-state index contributed by atoms with van der Waals surface area (Å²) in [5.41, 5.74) is 0. The molecule has 0 aromatic rings. The molecule has 0 aliphatic carbocycles. The first kappa shape index (κ1) is 16.9. The number of aliphatic hydroxyl groups excluding tert-OH is 1. The van der Waals surface area contributed by atoms with Gasteiger partial charge < -0.3 is 20.1 Å². The van der Waals surface area contributed by atoms with Gasteiger partial charge >= 0.3 is 0 Å². The van der Waals surface area contributed by atoms with E-state index in [9.17, 15) is 10.2 Å². The van der Waals surface area contributed by atoms with Crippen molar-refractivity contribution in [3.8, 4) is 0 Å². The van der Waals surface area contributed by atoms with Crippen LogP contribution < -0.4 is 0 Å². The molecule has 1 rings (SSSR count). The summed E-state index contributed by atoms with van der Waals surface area (Å²) in [7, 11) is 0. The maximum Gasteiger partial charge on any atom is 0.247 e. The zero-order chi connectivity index (χ0) is 14.2. The molecular formula is C15H30O4. The molecule has 114 valence electrons. The number of hydrogen-bond donors (Lipinski definition) is 3. The molecule has 0 saturated carbocycles. The summed E-state index contributed by atoms with van der Waals surface area (Å²) in [5, 5.41) is 28.0. The van der Waals surface area contributed by atoms with E-state index in [0.717, 1.165) is 12.8 Å². The van der Waals surface area contributed by atoms with Crippen LogP contribution in [0.15, 0.2) is 0 Å². The van der Waals surface area contributed by atoms with Gasteiger partial charge in [-0.25, -0.2) is 0 Å². The highest BCUT2D eigenvalue weighted by Crippen LogP contribution is 2.46. The standard InChI is InChI=1S/C15H30O4/c1-2-3-4-5-6-7-8-9-10-11-12-14(17)15(18,13-16)19-14/h16-18H,2-13H2,1H3. The molecule has 2 unspecified atom stereocenters. The summed E-state index contributed by atoms with van der Waals surface area (Å²) in [6, 6.07) is 0. The van der Waals surface area contributed by atoms with Gasteiger partial charge in [-0.3, -0.25) is 0 Å². The zero-order valence-corrected chi connectivity index (χ0v) is 12.2. The highest BCUT2D eigenvalue weighted by molar-refractivity contribution is 4.99. The maximum atomic E-state index is 9.74. The van der Waals surface area contributed by atoms with Gasteiger partial charge in [0.05, 0.1) is 0 Å². The van der Waals surface area contributed by atoms with Crippen LogP contribution in [0.1, 0.15) is 77.6 Å². The summed E-state index contributed by atoms with van der Waals surface area (Å²) in [5.74, 6) is -3.20. The van der Waals surface area contributed by atoms with Crippen molar-refractivity contribution in [3.63, 3.8) is 0 Å². The van der Waals surface area contributed by atoms with Crippen LogP contribution in [-0.2, 0) is 4.74 Å². The Balaban J connectivity index is 1.85. The van der Waals surface area contributed by atoms with Crippen molar-refractivity contribution in [1.29, 1.82) is 0 Å². The molecule has 0 aromatic heterocycles. The third-order valence-corrected chi connectivity index (χ3v) is 3.99. The molecule has 0 bridgehead atoms. The van der Waals surface area contributed by atoms with E-state index in [4.69, 9.17) is 9.84 Å². The number of ether oxygens (including phenoxy) is 1. The van der Waals surface area contributed by atoms with Crippen LogP contribution in [0.5, 0.6) is 0 Å². The lowest BCUT2D eigenvalue weighted by atomic mass is 10.0. The minimum atomic E-state index is -1.70. The Kier molecular flexibility index (Phi) is 7.29. The van der Waals surface area contributed by atoms with E-state index in [1.165, 1.54) is 51.4 Å². The number of unbranched alkanes of at least 4 members (excludes halogenated alkanes) is 9. The lowest BCUT2D eigenvalue weighted by Crippen LogP contribution is -2.29. The lowest BCUT2D eigenvalue weighted by molar-refractivity contribution is -0.0245. The number of rotatable bonds is 12. The third-order valence-electron chi connectivity index (χ3n) is 3.99. The number of aliphatic hydroxyl groups is 3. The summed E-state index contributed by atoms with van der Waals surface area (Å²) in [6.07, 6.45) is 12.7. The van der Waals surface area contributed by atoms with Gasteiger partial charge in [0.15, 0.2) is 0 Å². The zero-order valence-electron chi connectivity index (χ0n) is 12.2. The van der Waals surface area contributed by atoms with E-state index in [0.29, 0.717) is 6.42 Å². The van der Waals surface area contributed by atoms with Crippen LogP contribution in [0.3, 0.4) is 0 Å². The second-order valence-corrected chi connectivity index (χ2v) is 5.76. The van der Waals surface area contributed by atoms with Crippen molar-refractivity contribution < 1.29 is 20.1 Å². The normalized spacial score (nSPS) is 29.7. The molecule has 1 saturated heterocycles. The fourth-order valence-corrected chi connectivity index (χ4v) is 2.51. The molecular weight excluding hydrogens is 244 g/mol. The van der Waals surface area contributed by atoms with E-state index >= 15 is 0 Å². The van der Waals surface area contributed by atoms with E-state index in [2.05, 4.69) is 6.92 Å². The van der Waals surface area contributed by atoms with Crippen molar-refractivity contribution in [2.24, 2.45) is 0 Å². The summed E-state index contributed by atoms with van der Waals surface area (Å²) >= 11 is 0. The Morgan fingerprint density at radius 1 is 0.737 bits per heavy atom. The van der Waals surface area contributed by atoms with Crippen molar-refractivity contribution in [2.75, 3.05) is 6.61 Å². The lowest BCUT2D eigenvalue weighted by Gasteiger charge is -2.08. The van der Waals surface area contributed by atoms with Crippen LogP contribution in [0.2, 0.25) is 0 Å². The average Bonchev–Trinajstić information content (AvgIpc) is 2.95. The van der Waals surface area contributed by atoms with Gasteiger partial charge in [-0.1, -0.05) is 64.7 Å². The molecule has 3 N–H and O–H groups in total. The number of hydrogen-bond acceptors (Lipinski definition) is 4. The highest BCUT2D eigenvalue weighted by atomic mass is 16.8. The first-order valence-corrected chi connectivity index (χ1v) is 7.84. The Morgan fingerprint density at radius 3 is 1.63 bits per heavy atom. The second-order valence-electron chi connectivity index (χ2n) is 5.76. The molecule has 1 aliphatic rings. The van der Waals surface area contributed by atoms with Crippen LogP contribution in [0.4, 0.5) is 0 Å². The molecule has 4 heteroatoms. The Bertz CT molecular complexity index is 246. The SMILES string of the molecule is CCCCCCCCCCCCC1(O)OC1(O)CO. The average molecular weight is 274 g/mol. The van der Waals surface area contributed by atoms with E-state index in [-0.39, 0.29) is 0 Å². The van der Waals surface area contributed by atoms with Crippen molar-refractivity contribution in [1.82, 2.24) is 0 Å². The van der Waals surface area contributed by atoms with Crippen molar-refractivity contribution in [2.45, 2.75) is 89.1 Å². The maximum absolute atomic E-state index is 9.74. The van der Waals surface area contributed by atoms with E-state index < -0.39 is 18.2 Å². The largest absolute Gasteiger partial charge is 0.391 e. The third kappa shape index (κ3) is 5.38. The van der Waals surface area contributed by atoms with Crippen LogP contribution in [0.25, 0.3) is 0 Å². The minimum Gasteiger partial charge on any atom is -0.391 e. The van der Waals surface area contributed by atoms with Gasteiger partial charge in [-0.15, -0.1) is 0 Å². The Hall–Kier alpha value is -0.160. The van der Waals surface area contributed by atoms with Crippen LogP contribution in [-0.4, -0.2) is 33.5 Å². The van der Waals surface area contributed by atoms with Crippen molar-refractivity contribution >= 4 is 0 Å². The van der Waals surface area contributed by atoms with Gasteiger partial charge in [-0.2, -0.15) is 0 Å². The molecule has 0 spiro atoms. The highest BCUT2D eigenvalue weighted by Gasteiger charge is 2.68. The van der Waals surface area contributed by atoms with E-state index in [1.54, 1.807) is 0 Å². The summed E-state index contributed by atoms with van der Waals surface area (Å²) in [6.45, 7) is 1.69. The monoisotopic (exact) mass is 274 g/mol. The first-order valence-electron chi connectivity index (χ1n) is 7.84. The molecule has 0 radical (unpaired) electrons. The predicted octanol–water partition coefficient (Wildman–Crippen LogP) is 2.70. The quantitative estimate of drug-likeness (QED) is 0.378. The molecule has 0 aromatic carbocycles. The van der Waals surface area contributed by atoms with Gasteiger partial charge in [0.1, 0.15) is 6.61 Å². The van der Waals surface area contributed by atoms with Gasteiger partial charge in [0, 0.05) is 6.42 Å². The number of epoxide rings is 1.